The summed E-state index contributed by atoms with van der Waals surface area (Å²) in [5, 5.41) is 2.26. The predicted molar refractivity (Wildman–Crippen MR) is 126 cm³/mol. The van der Waals surface area contributed by atoms with E-state index < -0.39 is 17.8 Å². The number of carbonyl (C=O) groups is 3. The number of imide groups is 2. The molecule has 0 bridgehead atoms. The first-order valence-corrected chi connectivity index (χ1v) is 10.9. The van der Waals surface area contributed by atoms with Crippen LogP contribution in [0.3, 0.4) is 0 Å². The Labute approximate surface area is 194 Å². The molecule has 1 fully saturated rings. The van der Waals surface area contributed by atoms with Crippen LogP contribution in [0.15, 0.2) is 35.9 Å². The number of ether oxygens (including phenoxy) is 2. The van der Waals surface area contributed by atoms with Gasteiger partial charge in [-0.3, -0.25) is 14.9 Å². The molecule has 4 amide bonds. The van der Waals surface area contributed by atoms with Gasteiger partial charge in [0.25, 0.3) is 11.8 Å². The van der Waals surface area contributed by atoms with Gasteiger partial charge in [-0.15, -0.1) is 0 Å². The number of barbiturate groups is 1. The van der Waals surface area contributed by atoms with Gasteiger partial charge in [0.05, 0.1) is 22.5 Å². The highest BCUT2D eigenvalue weighted by atomic mass is 127. The molecule has 0 aliphatic carbocycles. The SMILES string of the molecule is CCOc1cc(/C=C2\C(=O)NC(=O)N(c3cc(C)ccc3C)C2=O)cc(I)c1OCC. The van der Waals surface area contributed by atoms with Crippen LogP contribution in [0.4, 0.5) is 10.5 Å². The van der Waals surface area contributed by atoms with Crippen LogP contribution in [-0.4, -0.2) is 31.1 Å². The zero-order valence-electron chi connectivity index (χ0n) is 17.7. The molecule has 2 aromatic carbocycles. The summed E-state index contributed by atoms with van der Waals surface area (Å²) in [5.41, 5.74) is 2.54. The molecule has 162 valence electrons. The van der Waals surface area contributed by atoms with Gasteiger partial charge >= 0.3 is 6.03 Å². The Morgan fingerprint density at radius 3 is 2.42 bits per heavy atom. The first-order chi connectivity index (χ1) is 14.8. The quantitative estimate of drug-likeness (QED) is 0.338. The molecule has 0 radical (unpaired) electrons. The molecule has 0 atom stereocenters. The van der Waals surface area contributed by atoms with Crippen molar-refractivity contribution in [1.29, 1.82) is 0 Å². The standard InChI is InChI=1S/C23H23IN2O5/c1-5-30-19-12-15(11-17(24)20(19)31-6-2)10-16-21(27)25-23(29)26(22(16)28)18-9-13(3)7-8-14(18)4/h7-12H,5-6H2,1-4H3,(H,25,27,29)/b16-10+. The number of nitrogens with one attached hydrogen (secondary N) is 1. The van der Waals surface area contributed by atoms with E-state index in [1.807, 2.05) is 32.9 Å². The number of anilines is 1. The van der Waals surface area contributed by atoms with Crippen LogP contribution in [-0.2, 0) is 9.59 Å². The van der Waals surface area contributed by atoms with Crippen molar-refractivity contribution >= 4 is 52.2 Å². The number of hydrogen-bond donors (Lipinski definition) is 1. The molecule has 3 rings (SSSR count). The van der Waals surface area contributed by atoms with E-state index in [1.54, 1.807) is 25.1 Å². The highest BCUT2D eigenvalue weighted by molar-refractivity contribution is 14.1. The van der Waals surface area contributed by atoms with E-state index in [2.05, 4.69) is 27.9 Å². The van der Waals surface area contributed by atoms with Gasteiger partial charge in [-0.1, -0.05) is 12.1 Å². The van der Waals surface area contributed by atoms with Gasteiger partial charge < -0.3 is 9.47 Å². The summed E-state index contributed by atoms with van der Waals surface area (Å²) in [7, 11) is 0. The molecule has 31 heavy (non-hydrogen) atoms. The fraction of sp³-hybridized carbons (Fsp3) is 0.261. The number of aryl methyl sites for hydroxylation is 2. The Balaban J connectivity index is 2.07. The van der Waals surface area contributed by atoms with Crippen LogP contribution in [0, 0.1) is 17.4 Å². The average Bonchev–Trinajstić information content (AvgIpc) is 2.70. The summed E-state index contributed by atoms with van der Waals surface area (Å²) in [5.74, 6) is -0.282. The molecule has 1 aliphatic rings. The van der Waals surface area contributed by atoms with Gasteiger partial charge in [-0.05, 0) is 91.3 Å². The van der Waals surface area contributed by atoms with Crippen molar-refractivity contribution in [3.05, 3.63) is 56.2 Å². The van der Waals surface area contributed by atoms with Gasteiger partial charge in [-0.25, -0.2) is 9.69 Å². The van der Waals surface area contributed by atoms with Gasteiger partial charge in [0.1, 0.15) is 5.57 Å². The smallest absolute Gasteiger partial charge is 0.335 e. The number of rotatable bonds is 6. The number of nitrogens with zero attached hydrogens (tertiary/aromatic N) is 1. The Hall–Kier alpha value is -2.88. The van der Waals surface area contributed by atoms with Crippen molar-refractivity contribution in [2.24, 2.45) is 0 Å². The summed E-state index contributed by atoms with van der Waals surface area (Å²) in [4.78, 5) is 39.2. The van der Waals surface area contributed by atoms with Crippen LogP contribution in [0.5, 0.6) is 11.5 Å². The minimum absolute atomic E-state index is 0.136. The maximum absolute atomic E-state index is 13.2. The molecule has 7 nitrogen and oxygen atoms in total. The number of hydrogen-bond acceptors (Lipinski definition) is 5. The molecule has 0 saturated carbocycles. The second-order valence-electron chi connectivity index (χ2n) is 6.94. The minimum Gasteiger partial charge on any atom is -0.490 e. The van der Waals surface area contributed by atoms with E-state index >= 15 is 0 Å². The Bertz CT molecular complexity index is 1090. The number of benzene rings is 2. The van der Waals surface area contributed by atoms with E-state index in [9.17, 15) is 14.4 Å². The molecule has 0 spiro atoms. The third kappa shape index (κ3) is 4.73. The van der Waals surface area contributed by atoms with Gasteiger partial charge in [0.2, 0.25) is 0 Å². The zero-order chi connectivity index (χ0) is 22.7. The fourth-order valence-corrected chi connectivity index (χ4v) is 4.00. The van der Waals surface area contributed by atoms with E-state index in [1.165, 1.54) is 6.08 Å². The normalized spacial score (nSPS) is 15.3. The molecule has 1 N–H and O–H groups in total. The Morgan fingerprint density at radius 1 is 1.03 bits per heavy atom. The van der Waals surface area contributed by atoms with Crippen molar-refractivity contribution in [2.45, 2.75) is 27.7 Å². The predicted octanol–water partition coefficient (Wildman–Crippen LogP) is 4.37. The maximum Gasteiger partial charge on any atom is 0.335 e. The van der Waals surface area contributed by atoms with Crippen molar-refractivity contribution in [3.63, 3.8) is 0 Å². The van der Waals surface area contributed by atoms with Crippen LogP contribution < -0.4 is 19.7 Å². The Morgan fingerprint density at radius 2 is 1.74 bits per heavy atom. The summed E-state index contributed by atoms with van der Waals surface area (Å²) in [6.07, 6.45) is 1.46. The molecule has 0 unspecified atom stereocenters. The topological polar surface area (TPSA) is 84.9 Å². The molecule has 2 aromatic rings. The van der Waals surface area contributed by atoms with Crippen LogP contribution in [0.25, 0.3) is 6.08 Å². The third-order valence-electron chi connectivity index (χ3n) is 4.64. The average molecular weight is 534 g/mol. The zero-order valence-corrected chi connectivity index (χ0v) is 19.9. The summed E-state index contributed by atoms with van der Waals surface area (Å²) < 4.78 is 12.1. The van der Waals surface area contributed by atoms with Gasteiger partial charge in [-0.2, -0.15) is 0 Å². The van der Waals surface area contributed by atoms with E-state index in [-0.39, 0.29) is 5.57 Å². The second-order valence-corrected chi connectivity index (χ2v) is 8.11. The molecule has 8 heteroatoms. The lowest BCUT2D eigenvalue weighted by Gasteiger charge is -2.28. The number of amides is 4. The molecule has 1 aliphatic heterocycles. The van der Waals surface area contributed by atoms with Crippen LogP contribution in [0.2, 0.25) is 0 Å². The van der Waals surface area contributed by atoms with Crippen LogP contribution >= 0.6 is 22.6 Å². The second kappa shape index (κ2) is 9.51. The van der Waals surface area contributed by atoms with Crippen molar-refractivity contribution in [2.75, 3.05) is 18.1 Å². The fourth-order valence-electron chi connectivity index (χ4n) is 3.22. The Kier molecular flexibility index (Phi) is 6.99. The van der Waals surface area contributed by atoms with E-state index in [0.29, 0.717) is 36.0 Å². The number of halogens is 1. The monoisotopic (exact) mass is 534 g/mol. The highest BCUT2D eigenvalue weighted by Crippen LogP contribution is 2.35. The number of urea groups is 1. The van der Waals surface area contributed by atoms with Gasteiger partial charge in [0.15, 0.2) is 11.5 Å². The van der Waals surface area contributed by atoms with E-state index in [4.69, 9.17) is 9.47 Å². The largest absolute Gasteiger partial charge is 0.490 e. The first kappa shape index (κ1) is 22.8. The lowest BCUT2D eigenvalue weighted by atomic mass is 10.0. The third-order valence-corrected chi connectivity index (χ3v) is 5.44. The molecule has 0 aromatic heterocycles. The number of carbonyl (C=O) groups excluding carboxylic acids is 3. The summed E-state index contributed by atoms with van der Waals surface area (Å²) in [6.45, 7) is 8.33. The lowest BCUT2D eigenvalue weighted by Crippen LogP contribution is -2.54. The summed E-state index contributed by atoms with van der Waals surface area (Å²) >= 11 is 2.12. The van der Waals surface area contributed by atoms with Gasteiger partial charge in [0, 0.05) is 0 Å². The van der Waals surface area contributed by atoms with Crippen molar-refractivity contribution in [1.82, 2.24) is 5.32 Å². The van der Waals surface area contributed by atoms with Crippen molar-refractivity contribution in [3.8, 4) is 11.5 Å². The molecule has 1 saturated heterocycles. The van der Waals surface area contributed by atoms with E-state index in [0.717, 1.165) is 19.6 Å². The van der Waals surface area contributed by atoms with Crippen molar-refractivity contribution < 1.29 is 23.9 Å². The molecular weight excluding hydrogens is 511 g/mol. The van der Waals surface area contributed by atoms with Crippen LogP contribution in [0.1, 0.15) is 30.5 Å². The first-order valence-electron chi connectivity index (χ1n) is 9.84. The summed E-state index contributed by atoms with van der Waals surface area (Å²) in [6, 6.07) is 8.20. The lowest BCUT2D eigenvalue weighted by molar-refractivity contribution is -0.122. The molecule has 1 heterocycles. The molecular formula is C23H23IN2O5. The maximum atomic E-state index is 13.2. The highest BCUT2D eigenvalue weighted by Gasteiger charge is 2.37. The minimum atomic E-state index is -0.767.